The van der Waals surface area contributed by atoms with E-state index in [1.807, 2.05) is 7.05 Å². The third-order valence-corrected chi connectivity index (χ3v) is 4.58. The maximum absolute atomic E-state index is 12.2. The number of nitrogens with two attached hydrogens (primary N) is 1. The first kappa shape index (κ1) is 14.1. The molecule has 0 saturated carbocycles. The fourth-order valence-corrected chi connectivity index (χ4v) is 3.15. The lowest BCUT2D eigenvalue weighted by Gasteiger charge is -2.16. The van der Waals surface area contributed by atoms with E-state index in [2.05, 4.69) is 27.4 Å². The molecule has 1 aromatic heterocycles. The van der Waals surface area contributed by atoms with Crippen LogP contribution in [0.1, 0.15) is 15.2 Å². The number of nitrogens with zero attached hydrogens (tertiary/aromatic N) is 1. The number of thiophene rings is 1. The smallest absolute Gasteiger partial charge is 0.253 e. The van der Waals surface area contributed by atoms with Crippen LogP contribution in [0.3, 0.4) is 0 Å². The van der Waals surface area contributed by atoms with Crippen LogP contribution in [0.25, 0.3) is 0 Å². The minimum absolute atomic E-state index is 0.0237. The summed E-state index contributed by atoms with van der Waals surface area (Å²) in [5.74, 6) is 0.0237. The van der Waals surface area contributed by atoms with E-state index < -0.39 is 0 Å². The first-order valence-corrected chi connectivity index (χ1v) is 7.57. The maximum Gasteiger partial charge on any atom is 0.253 e. The summed E-state index contributed by atoms with van der Waals surface area (Å²) < 4.78 is 1.10. The fourth-order valence-electron chi connectivity index (χ4n) is 1.71. The number of carbonyl (C=O) groups excluding carboxylic acids is 1. The number of anilines is 1. The lowest BCUT2D eigenvalue weighted by molar-refractivity contribution is 0.0797. The molecule has 100 valence electrons. The van der Waals surface area contributed by atoms with Gasteiger partial charge in [-0.05, 0) is 52.7 Å². The number of hydrogen-bond acceptors (Lipinski definition) is 3. The van der Waals surface area contributed by atoms with Crippen molar-refractivity contribution in [1.82, 2.24) is 4.90 Å². The predicted octanol–water partition coefficient (Wildman–Crippen LogP) is 3.41. The van der Waals surface area contributed by atoms with Crippen LogP contribution < -0.4 is 5.73 Å². The fraction of sp³-hybridized carbons (Fsp3) is 0.214. The SMILES string of the molecule is CN(CCc1cc(Br)cs1)C(=O)c1ccc(N)cc1. The normalized spacial score (nSPS) is 10.4. The van der Waals surface area contributed by atoms with E-state index in [9.17, 15) is 4.79 Å². The molecule has 2 rings (SSSR count). The molecule has 0 radical (unpaired) electrons. The average Bonchev–Trinajstić information content (AvgIpc) is 2.82. The van der Waals surface area contributed by atoms with Gasteiger partial charge in [-0.3, -0.25) is 4.79 Å². The van der Waals surface area contributed by atoms with Gasteiger partial charge >= 0.3 is 0 Å². The Balaban J connectivity index is 1.94. The van der Waals surface area contributed by atoms with Gasteiger partial charge < -0.3 is 10.6 Å². The van der Waals surface area contributed by atoms with Crippen LogP contribution in [-0.4, -0.2) is 24.4 Å². The Morgan fingerprint density at radius 1 is 1.37 bits per heavy atom. The zero-order valence-electron chi connectivity index (χ0n) is 10.6. The summed E-state index contributed by atoms with van der Waals surface area (Å²) in [5, 5.41) is 2.05. The first-order chi connectivity index (χ1) is 9.06. The Kier molecular flexibility index (Phi) is 4.61. The molecule has 19 heavy (non-hydrogen) atoms. The Bertz CT molecular complexity index is 565. The lowest BCUT2D eigenvalue weighted by atomic mass is 10.2. The van der Waals surface area contributed by atoms with Crippen LogP contribution in [0.2, 0.25) is 0 Å². The molecule has 0 saturated heterocycles. The third kappa shape index (κ3) is 3.81. The van der Waals surface area contributed by atoms with Crippen LogP contribution in [0.15, 0.2) is 40.2 Å². The molecule has 2 N–H and O–H groups in total. The largest absolute Gasteiger partial charge is 0.399 e. The van der Waals surface area contributed by atoms with Crippen molar-refractivity contribution in [2.45, 2.75) is 6.42 Å². The van der Waals surface area contributed by atoms with Gasteiger partial charge in [-0.1, -0.05) is 0 Å². The summed E-state index contributed by atoms with van der Waals surface area (Å²) in [7, 11) is 1.82. The standard InChI is InChI=1S/C14H15BrN2OS/c1-17(7-6-13-8-11(15)9-19-13)14(18)10-2-4-12(16)5-3-10/h2-5,8-9H,6-7,16H2,1H3. The topological polar surface area (TPSA) is 46.3 Å². The number of halogens is 1. The highest BCUT2D eigenvalue weighted by Gasteiger charge is 2.11. The quantitative estimate of drug-likeness (QED) is 0.868. The zero-order valence-corrected chi connectivity index (χ0v) is 13.0. The maximum atomic E-state index is 12.2. The Morgan fingerprint density at radius 2 is 2.05 bits per heavy atom. The summed E-state index contributed by atoms with van der Waals surface area (Å²) in [5.41, 5.74) is 6.95. The van der Waals surface area contributed by atoms with Crippen molar-refractivity contribution in [2.75, 3.05) is 19.3 Å². The highest BCUT2D eigenvalue weighted by Crippen LogP contribution is 2.20. The molecular formula is C14H15BrN2OS. The molecule has 1 aromatic carbocycles. The van der Waals surface area contributed by atoms with Crippen LogP contribution in [0.4, 0.5) is 5.69 Å². The van der Waals surface area contributed by atoms with Gasteiger partial charge in [0.25, 0.3) is 5.91 Å². The highest BCUT2D eigenvalue weighted by molar-refractivity contribution is 9.10. The van der Waals surface area contributed by atoms with Gasteiger partial charge in [0.1, 0.15) is 0 Å². The van der Waals surface area contributed by atoms with Crippen LogP contribution in [-0.2, 0) is 6.42 Å². The number of hydrogen-bond donors (Lipinski definition) is 1. The monoisotopic (exact) mass is 338 g/mol. The van der Waals surface area contributed by atoms with Gasteiger partial charge in [0.05, 0.1) is 0 Å². The van der Waals surface area contributed by atoms with Crippen LogP contribution >= 0.6 is 27.3 Å². The summed E-state index contributed by atoms with van der Waals surface area (Å²) in [4.78, 5) is 15.2. The zero-order chi connectivity index (χ0) is 13.8. The van der Waals surface area contributed by atoms with Crippen molar-refractivity contribution in [3.8, 4) is 0 Å². The number of rotatable bonds is 4. The van der Waals surface area contributed by atoms with Gasteiger partial charge in [0, 0.05) is 39.6 Å². The van der Waals surface area contributed by atoms with Crippen LogP contribution in [0.5, 0.6) is 0 Å². The van der Waals surface area contributed by atoms with E-state index in [4.69, 9.17) is 5.73 Å². The predicted molar refractivity (Wildman–Crippen MR) is 83.5 cm³/mol. The van der Waals surface area contributed by atoms with Crippen molar-refractivity contribution >= 4 is 38.9 Å². The second-order valence-corrected chi connectivity index (χ2v) is 6.24. The van der Waals surface area contributed by atoms with Gasteiger partial charge in [0.2, 0.25) is 0 Å². The van der Waals surface area contributed by atoms with Crippen molar-refractivity contribution < 1.29 is 4.79 Å². The molecule has 0 spiro atoms. The number of benzene rings is 1. The average molecular weight is 339 g/mol. The Labute approximate surface area is 125 Å². The van der Waals surface area contributed by atoms with E-state index in [0.29, 0.717) is 17.8 Å². The molecule has 0 bridgehead atoms. The van der Waals surface area contributed by atoms with E-state index in [-0.39, 0.29) is 5.91 Å². The second kappa shape index (κ2) is 6.21. The van der Waals surface area contributed by atoms with E-state index in [1.54, 1.807) is 40.5 Å². The molecule has 0 atom stereocenters. The minimum atomic E-state index is 0.0237. The van der Waals surface area contributed by atoms with Crippen molar-refractivity contribution in [3.63, 3.8) is 0 Å². The Morgan fingerprint density at radius 3 is 2.63 bits per heavy atom. The summed E-state index contributed by atoms with van der Waals surface area (Å²) in [6, 6.07) is 9.10. The molecule has 0 aliphatic rings. The van der Waals surface area contributed by atoms with Crippen LogP contribution in [0, 0.1) is 0 Å². The summed E-state index contributed by atoms with van der Waals surface area (Å²) in [6.45, 7) is 0.705. The van der Waals surface area contributed by atoms with Crippen molar-refractivity contribution in [3.05, 3.63) is 50.6 Å². The summed E-state index contributed by atoms with van der Waals surface area (Å²) >= 11 is 5.13. The van der Waals surface area contributed by atoms with E-state index in [1.165, 1.54) is 4.88 Å². The molecule has 0 fully saturated rings. The molecule has 0 unspecified atom stereocenters. The molecule has 3 nitrogen and oxygen atoms in total. The molecule has 0 aliphatic heterocycles. The molecular weight excluding hydrogens is 324 g/mol. The third-order valence-electron chi connectivity index (χ3n) is 2.82. The number of likely N-dealkylation sites (N-methyl/N-ethyl adjacent to an activating group) is 1. The number of nitrogen functional groups attached to an aromatic ring is 1. The second-order valence-electron chi connectivity index (χ2n) is 4.33. The molecule has 1 amide bonds. The number of amides is 1. The van der Waals surface area contributed by atoms with E-state index >= 15 is 0 Å². The number of carbonyl (C=O) groups is 1. The summed E-state index contributed by atoms with van der Waals surface area (Å²) in [6.07, 6.45) is 0.869. The van der Waals surface area contributed by atoms with Crippen molar-refractivity contribution in [1.29, 1.82) is 0 Å². The highest BCUT2D eigenvalue weighted by atomic mass is 79.9. The van der Waals surface area contributed by atoms with Gasteiger partial charge in [-0.15, -0.1) is 11.3 Å². The molecule has 1 heterocycles. The van der Waals surface area contributed by atoms with Crippen molar-refractivity contribution in [2.24, 2.45) is 0 Å². The van der Waals surface area contributed by atoms with Gasteiger partial charge in [0.15, 0.2) is 0 Å². The first-order valence-electron chi connectivity index (χ1n) is 5.90. The van der Waals surface area contributed by atoms with Gasteiger partial charge in [-0.2, -0.15) is 0 Å². The Hall–Kier alpha value is -1.33. The minimum Gasteiger partial charge on any atom is -0.399 e. The van der Waals surface area contributed by atoms with Gasteiger partial charge in [-0.25, -0.2) is 0 Å². The molecule has 2 aromatic rings. The molecule has 0 aliphatic carbocycles. The van der Waals surface area contributed by atoms with E-state index in [0.717, 1.165) is 10.9 Å². The lowest BCUT2D eigenvalue weighted by Crippen LogP contribution is -2.28. The molecule has 5 heteroatoms.